The van der Waals surface area contributed by atoms with Crippen LogP contribution in [0.5, 0.6) is 0 Å². The summed E-state index contributed by atoms with van der Waals surface area (Å²) in [6.45, 7) is 4.73. The molecule has 7 nitrogen and oxygen atoms in total. The summed E-state index contributed by atoms with van der Waals surface area (Å²) >= 11 is 1.52. The molecule has 2 N–H and O–H groups in total. The molecule has 8 heteroatoms. The number of thiophene rings is 1. The van der Waals surface area contributed by atoms with E-state index < -0.39 is 6.09 Å². The van der Waals surface area contributed by atoms with Crippen LogP contribution < -0.4 is 10.9 Å². The number of pyridine rings is 1. The van der Waals surface area contributed by atoms with Crippen molar-refractivity contribution >= 4 is 44.3 Å². The second-order valence-corrected chi connectivity index (χ2v) is 8.46. The summed E-state index contributed by atoms with van der Waals surface area (Å²) in [4.78, 5) is 41.6. The largest absolute Gasteiger partial charge is 0.447 e. The smallest absolute Gasteiger partial charge is 0.407 e. The standard InChI is InChI=1S/C21H23N3O4S/c1-12(2)28-21(27)22-14-5-8-24(9-6-14)20(26)13-3-4-15-17(11-13)23-19(25)16-7-10-29-18(15)16/h3-4,7,10-12,14H,5-6,8-9H2,1-2H3,(H,22,27)(H,23,25). The van der Waals surface area contributed by atoms with Gasteiger partial charge in [0, 0.05) is 34.8 Å². The number of ether oxygens (including phenoxy) is 1. The van der Waals surface area contributed by atoms with E-state index >= 15 is 0 Å². The summed E-state index contributed by atoms with van der Waals surface area (Å²) in [5.74, 6) is -0.0674. The number of aromatic nitrogens is 1. The Kier molecular flexibility index (Phi) is 5.27. The number of rotatable bonds is 3. The van der Waals surface area contributed by atoms with Crippen LogP contribution in [0.1, 0.15) is 37.0 Å². The number of carbonyl (C=O) groups is 2. The molecule has 0 aliphatic carbocycles. The highest BCUT2D eigenvalue weighted by atomic mass is 32.1. The number of carbonyl (C=O) groups excluding carboxylic acids is 2. The Bertz CT molecular complexity index is 1130. The zero-order chi connectivity index (χ0) is 20.5. The SMILES string of the molecule is CC(C)OC(=O)NC1CCN(C(=O)c2ccc3c(c2)[nH]c(=O)c2ccsc23)CC1. The highest BCUT2D eigenvalue weighted by Gasteiger charge is 2.25. The van der Waals surface area contributed by atoms with Gasteiger partial charge in [0.1, 0.15) is 0 Å². The van der Waals surface area contributed by atoms with Crippen LogP contribution in [-0.4, -0.2) is 47.1 Å². The monoisotopic (exact) mass is 413 g/mol. The van der Waals surface area contributed by atoms with Crippen molar-refractivity contribution in [1.82, 2.24) is 15.2 Å². The molecule has 29 heavy (non-hydrogen) atoms. The number of piperidine rings is 1. The maximum Gasteiger partial charge on any atom is 0.407 e. The third kappa shape index (κ3) is 3.98. The van der Waals surface area contributed by atoms with Crippen LogP contribution >= 0.6 is 11.3 Å². The fourth-order valence-corrected chi connectivity index (χ4v) is 4.62. The molecule has 152 valence electrons. The molecule has 0 radical (unpaired) electrons. The molecule has 1 aliphatic heterocycles. The summed E-state index contributed by atoms with van der Waals surface area (Å²) in [5, 5.41) is 6.37. The van der Waals surface area contributed by atoms with Crippen molar-refractivity contribution in [2.24, 2.45) is 0 Å². The molecular formula is C21H23N3O4S. The van der Waals surface area contributed by atoms with Gasteiger partial charge < -0.3 is 19.9 Å². The molecule has 0 spiro atoms. The minimum absolute atomic E-state index is 0.00497. The molecule has 1 aromatic carbocycles. The summed E-state index contributed by atoms with van der Waals surface area (Å²) < 4.78 is 6.05. The average molecular weight is 413 g/mol. The van der Waals surface area contributed by atoms with Crippen LogP contribution in [0.4, 0.5) is 4.79 Å². The zero-order valence-electron chi connectivity index (χ0n) is 16.4. The lowest BCUT2D eigenvalue weighted by molar-refractivity contribution is 0.0696. The number of hydrogen-bond donors (Lipinski definition) is 2. The van der Waals surface area contributed by atoms with Crippen molar-refractivity contribution < 1.29 is 14.3 Å². The molecule has 4 rings (SSSR count). The number of H-pyrrole nitrogens is 1. The van der Waals surface area contributed by atoms with Crippen molar-refractivity contribution in [2.75, 3.05) is 13.1 Å². The van der Waals surface area contributed by atoms with E-state index in [1.54, 1.807) is 24.8 Å². The summed E-state index contributed by atoms with van der Waals surface area (Å²) in [5.41, 5.74) is 1.08. The first-order valence-corrected chi connectivity index (χ1v) is 10.6. The number of fused-ring (bicyclic) bond motifs is 3. The molecule has 2 amide bonds. The highest BCUT2D eigenvalue weighted by Crippen LogP contribution is 2.27. The fourth-order valence-electron chi connectivity index (χ4n) is 3.69. The topological polar surface area (TPSA) is 91.5 Å². The second-order valence-electron chi connectivity index (χ2n) is 7.54. The molecule has 0 unspecified atom stereocenters. The molecule has 1 saturated heterocycles. The maximum absolute atomic E-state index is 12.9. The second kappa shape index (κ2) is 7.87. The third-order valence-electron chi connectivity index (χ3n) is 5.12. The number of aromatic amines is 1. The lowest BCUT2D eigenvalue weighted by Crippen LogP contribution is -2.47. The maximum atomic E-state index is 12.9. The number of likely N-dealkylation sites (tertiary alicyclic amines) is 1. The molecule has 0 atom stereocenters. The van der Waals surface area contributed by atoms with E-state index in [0.717, 1.165) is 10.1 Å². The number of benzene rings is 1. The first-order chi connectivity index (χ1) is 13.9. The molecular weight excluding hydrogens is 390 g/mol. The van der Waals surface area contributed by atoms with Crippen LogP contribution in [0, 0.1) is 0 Å². The quantitative estimate of drug-likeness (QED) is 0.688. The van der Waals surface area contributed by atoms with Crippen molar-refractivity contribution in [3.63, 3.8) is 0 Å². The minimum atomic E-state index is -0.414. The minimum Gasteiger partial charge on any atom is -0.447 e. The third-order valence-corrected chi connectivity index (χ3v) is 6.06. The Morgan fingerprint density at radius 2 is 1.97 bits per heavy atom. The van der Waals surface area contributed by atoms with Gasteiger partial charge in [-0.15, -0.1) is 11.3 Å². The Morgan fingerprint density at radius 1 is 1.21 bits per heavy atom. The Balaban J connectivity index is 1.46. The van der Waals surface area contributed by atoms with E-state index in [1.807, 2.05) is 23.6 Å². The molecule has 2 aromatic heterocycles. The molecule has 3 aromatic rings. The van der Waals surface area contributed by atoms with Crippen molar-refractivity contribution in [2.45, 2.75) is 38.8 Å². The van der Waals surface area contributed by atoms with Gasteiger partial charge in [-0.05, 0) is 50.3 Å². The number of nitrogens with zero attached hydrogens (tertiary/aromatic N) is 1. The number of hydrogen-bond acceptors (Lipinski definition) is 5. The van der Waals surface area contributed by atoms with E-state index in [-0.39, 0.29) is 23.6 Å². The predicted octanol–water partition coefficient (Wildman–Crippen LogP) is 3.48. The van der Waals surface area contributed by atoms with E-state index in [2.05, 4.69) is 10.3 Å². The first kappa shape index (κ1) is 19.4. The van der Waals surface area contributed by atoms with Gasteiger partial charge in [0.05, 0.1) is 17.0 Å². The van der Waals surface area contributed by atoms with Crippen LogP contribution in [0.3, 0.4) is 0 Å². The van der Waals surface area contributed by atoms with E-state index in [4.69, 9.17) is 4.74 Å². The van der Waals surface area contributed by atoms with Crippen molar-refractivity contribution in [1.29, 1.82) is 0 Å². The normalized spacial score (nSPS) is 15.2. The van der Waals surface area contributed by atoms with Crippen LogP contribution in [-0.2, 0) is 4.74 Å². The molecule has 0 saturated carbocycles. The number of amides is 2. The average Bonchev–Trinajstić information content (AvgIpc) is 3.18. The van der Waals surface area contributed by atoms with Gasteiger partial charge in [-0.3, -0.25) is 9.59 Å². The lowest BCUT2D eigenvalue weighted by Gasteiger charge is -2.32. The molecule has 1 aliphatic rings. The Morgan fingerprint density at radius 3 is 2.69 bits per heavy atom. The molecule has 0 bridgehead atoms. The summed E-state index contributed by atoms with van der Waals surface area (Å²) in [6.07, 6.45) is 0.785. The van der Waals surface area contributed by atoms with Gasteiger partial charge >= 0.3 is 6.09 Å². The molecule has 1 fully saturated rings. The first-order valence-electron chi connectivity index (χ1n) is 9.72. The van der Waals surface area contributed by atoms with Gasteiger partial charge in [0.25, 0.3) is 11.5 Å². The molecule has 3 heterocycles. The zero-order valence-corrected chi connectivity index (χ0v) is 17.2. The number of nitrogens with one attached hydrogen (secondary N) is 2. The van der Waals surface area contributed by atoms with Gasteiger partial charge in [0.15, 0.2) is 0 Å². The van der Waals surface area contributed by atoms with E-state index in [0.29, 0.717) is 42.4 Å². The van der Waals surface area contributed by atoms with Gasteiger partial charge in [0.2, 0.25) is 0 Å². The Labute approximate surface area is 171 Å². The van der Waals surface area contributed by atoms with Crippen LogP contribution in [0.2, 0.25) is 0 Å². The van der Waals surface area contributed by atoms with Crippen LogP contribution in [0.15, 0.2) is 34.4 Å². The van der Waals surface area contributed by atoms with E-state index in [1.165, 1.54) is 11.3 Å². The van der Waals surface area contributed by atoms with Crippen molar-refractivity contribution in [3.05, 3.63) is 45.6 Å². The number of alkyl carbamates (subject to hydrolysis) is 1. The predicted molar refractivity (Wildman–Crippen MR) is 114 cm³/mol. The highest BCUT2D eigenvalue weighted by molar-refractivity contribution is 7.18. The van der Waals surface area contributed by atoms with E-state index in [9.17, 15) is 14.4 Å². The van der Waals surface area contributed by atoms with Crippen LogP contribution in [0.25, 0.3) is 21.0 Å². The summed E-state index contributed by atoms with van der Waals surface area (Å²) in [7, 11) is 0. The summed E-state index contributed by atoms with van der Waals surface area (Å²) in [6, 6.07) is 7.28. The van der Waals surface area contributed by atoms with Crippen molar-refractivity contribution in [3.8, 4) is 0 Å². The van der Waals surface area contributed by atoms with Gasteiger partial charge in [-0.2, -0.15) is 0 Å². The van der Waals surface area contributed by atoms with Gasteiger partial charge in [-0.1, -0.05) is 6.07 Å². The Hall–Kier alpha value is -2.87. The lowest BCUT2D eigenvalue weighted by atomic mass is 10.0. The fraction of sp³-hybridized carbons (Fsp3) is 0.381. The van der Waals surface area contributed by atoms with Gasteiger partial charge in [-0.25, -0.2) is 4.79 Å².